The molecule has 1 aliphatic heterocycles. The van der Waals surface area contributed by atoms with E-state index < -0.39 is 10.0 Å². The molecular formula is C16H24N2O5S. The van der Waals surface area contributed by atoms with Gasteiger partial charge in [0.05, 0.1) is 12.4 Å². The summed E-state index contributed by atoms with van der Waals surface area (Å²) in [6.45, 7) is 1.51. The van der Waals surface area contributed by atoms with E-state index in [9.17, 15) is 13.2 Å². The van der Waals surface area contributed by atoms with Crippen LogP contribution < -0.4 is 10.1 Å². The lowest BCUT2D eigenvalue weighted by Gasteiger charge is -2.14. The van der Waals surface area contributed by atoms with Gasteiger partial charge in [0.15, 0.2) is 6.61 Å². The molecule has 1 amide bonds. The minimum Gasteiger partial charge on any atom is -0.484 e. The number of nitrogens with one attached hydrogen (secondary N) is 1. The van der Waals surface area contributed by atoms with E-state index in [-0.39, 0.29) is 18.6 Å². The average molecular weight is 356 g/mol. The van der Waals surface area contributed by atoms with Gasteiger partial charge < -0.3 is 14.8 Å². The van der Waals surface area contributed by atoms with Crippen molar-refractivity contribution in [3.05, 3.63) is 29.8 Å². The van der Waals surface area contributed by atoms with E-state index in [1.807, 2.05) is 0 Å². The second-order valence-corrected chi connectivity index (χ2v) is 7.98. The van der Waals surface area contributed by atoms with E-state index in [1.165, 1.54) is 17.6 Å². The van der Waals surface area contributed by atoms with E-state index in [1.54, 1.807) is 24.3 Å². The van der Waals surface area contributed by atoms with Gasteiger partial charge >= 0.3 is 0 Å². The van der Waals surface area contributed by atoms with Gasteiger partial charge in [-0.2, -0.15) is 0 Å². The number of hydrogen-bond donors (Lipinski definition) is 1. The van der Waals surface area contributed by atoms with Gasteiger partial charge in [-0.25, -0.2) is 12.7 Å². The summed E-state index contributed by atoms with van der Waals surface area (Å²) in [4.78, 5) is 11.7. The average Bonchev–Trinajstić information content (AvgIpc) is 3.04. The highest BCUT2D eigenvalue weighted by Crippen LogP contribution is 2.14. The van der Waals surface area contributed by atoms with Gasteiger partial charge in [-0.05, 0) is 30.5 Å². The molecule has 0 spiro atoms. The first-order valence-corrected chi connectivity index (χ1v) is 9.71. The van der Waals surface area contributed by atoms with Crippen LogP contribution in [0.25, 0.3) is 0 Å². The molecule has 0 aliphatic carbocycles. The van der Waals surface area contributed by atoms with Crippen LogP contribution >= 0.6 is 0 Å². The van der Waals surface area contributed by atoms with Crippen LogP contribution in [-0.2, 0) is 26.1 Å². The summed E-state index contributed by atoms with van der Waals surface area (Å²) < 4.78 is 34.9. The monoisotopic (exact) mass is 356 g/mol. The molecule has 1 N–H and O–H groups in total. The minimum absolute atomic E-state index is 0.0602. The summed E-state index contributed by atoms with van der Waals surface area (Å²) in [5.41, 5.74) is 0.845. The summed E-state index contributed by atoms with van der Waals surface area (Å²) >= 11 is 0. The third-order valence-electron chi connectivity index (χ3n) is 3.82. The van der Waals surface area contributed by atoms with E-state index in [0.29, 0.717) is 18.8 Å². The first kappa shape index (κ1) is 18.7. The Morgan fingerprint density at radius 2 is 2.08 bits per heavy atom. The van der Waals surface area contributed by atoms with Crippen LogP contribution in [0.2, 0.25) is 0 Å². The van der Waals surface area contributed by atoms with Crippen LogP contribution in [0.4, 0.5) is 0 Å². The van der Waals surface area contributed by atoms with E-state index in [0.717, 1.165) is 25.0 Å². The van der Waals surface area contributed by atoms with Crippen LogP contribution in [0.3, 0.4) is 0 Å². The van der Waals surface area contributed by atoms with Crippen LogP contribution in [0.1, 0.15) is 18.4 Å². The zero-order valence-corrected chi connectivity index (χ0v) is 14.8. The summed E-state index contributed by atoms with van der Waals surface area (Å²) in [5.74, 6) is 0.374. The van der Waals surface area contributed by atoms with Crippen molar-refractivity contribution in [2.45, 2.75) is 25.5 Å². The van der Waals surface area contributed by atoms with E-state index in [2.05, 4.69) is 5.32 Å². The number of ether oxygens (including phenoxy) is 2. The summed E-state index contributed by atoms with van der Waals surface area (Å²) in [6.07, 6.45) is 3.29. The predicted octanol–water partition coefficient (Wildman–Crippen LogP) is 0.752. The second-order valence-electron chi connectivity index (χ2n) is 5.89. The van der Waals surface area contributed by atoms with Gasteiger partial charge in [0, 0.05) is 26.7 Å². The first-order valence-electron chi connectivity index (χ1n) is 7.86. The number of rotatable bonds is 8. The largest absolute Gasteiger partial charge is 0.484 e. The molecule has 1 aliphatic rings. The Labute approximate surface area is 143 Å². The molecule has 1 atom stereocenters. The molecule has 7 nitrogen and oxygen atoms in total. The number of benzene rings is 1. The predicted molar refractivity (Wildman–Crippen MR) is 90.2 cm³/mol. The summed E-state index contributed by atoms with van der Waals surface area (Å²) in [5, 5.41) is 2.79. The van der Waals surface area contributed by atoms with Crippen molar-refractivity contribution >= 4 is 15.9 Å². The molecule has 8 heteroatoms. The summed E-state index contributed by atoms with van der Waals surface area (Å²) in [6, 6.07) is 7.00. The highest BCUT2D eigenvalue weighted by Gasteiger charge is 2.16. The fourth-order valence-electron chi connectivity index (χ4n) is 2.30. The van der Waals surface area contributed by atoms with Gasteiger partial charge in [0.25, 0.3) is 5.91 Å². The number of nitrogens with zero attached hydrogens (tertiary/aromatic N) is 1. The van der Waals surface area contributed by atoms with Crippen LogP contribution in [0.15, 0.2) is 24.3 Å². The Kier molecular flexibility index (Phi) is 6.59. The third-order valence-corrected chi connectivity index (χ3v) is 5.08. The molecule has 0 saturated carbocycles. The van der Waals surface area contributed by atoms with Gasteiger partial charge in [-0.3, -0.25) is 4.79 Å². The molecule has 0 aromatic heterocycles. The maximum atomic E-state index is 11.7. The first-order chi connectivity index (χ1) is 11.3. The van der Waals surface area contributed by atoms with Crippen LogP contribution in [-0.4, -0.2) is 57.8 Å². The molecular weight excluding hydrogens is 332 g/mol. The lowest BCUT2D eigenvalue weighted by atomic mass is 10.2. The smallest absolute Gasteiger partial charge is 0.258 e. The molecule has 134 valence electrons. The van der Waals surface area contributed by atoms with Crippen molar-refractivity contribution in [3.8, 4) is 5.75 Å². The number of amides is 1. The van der Waals surface area contributed by atoms with Crippen molar-refractivity contribution in [3.63, 3.8) is 0 Å². The fraction of sp³-hybridized carbons (Fsp3) is 0.562. The van der Waals surface area contributed by atoms with Crippen molar-refractivity contribution in [2.24, 2.45) is 0 Å². The maximum Gasteiger partial charge on any atom is 0.258 e. The highest BCUT2D eigenvalue weighted by molar-refractivity contribution is 7.88. The Bertz CT molecular complexity index is 639. The number of carbonyl (C=O) groups excluding carboxylic acids is 1. The van der Waals surface area contributed by atoms with E-state index >= 15 is 0 Å². The molecule has 1 aromatic carbocycles. The maximum absolute atomic E-state index is 11.7. The molecule has 1 fully saturated rings. The number of sulfonamides is 1. The second kappa shape index (κ2) is 8.46. The molecule has 0 unspecified atom stereocenters. The Morgan fingerprint density at radius 3 is 2.67 bits per heavy atom. The number of carbonyl (C=O) groups is 1. The Morgan fingerprint density at radius 1 is 1.38 bits per heavy atom. The molecule has 0 radical (unpaired) electrons. The lowest BCUT2D eigenvalue weighted by molar-refractivity contribution is -0.123. The van der Waals surface area contributed by atoms with Crippen molar-refractivity contribution in [1.29, 1.82) is 0 Å². The molecule has 1 aromatic rings. The summed E-state index contributed by atoms with van der Waals surface area (Å²) in [7, 11) is -1.68. The lowest BCUT2D eigenvalue weighted by Crippen LogP contribution is -2.35. The standard InChI is InChI=1S/C16H24N2O5S/c1-18(24(2,20)21)11-13-5-7-14(8-6-13)23-12-16(19)17-10-15-4-3-9-22-15/h5-8,15H,3-4,9-12H2,1-2H3,(H,17,19)/t15-/m1/s1. The Hall–Kier alpha value is -1.64. The van der Waals surface area contributed by atoms with Gasteiger partial charge in [0.2, 0.25) is 10.0 Å². The zero-order chi connectivity index (χ0) is 17.6. The molecule has 1 saturated heterocycles. The topological polar surface area (TPSA) is 84.9 Å². The van der Waals surface area contributed by atoms with E-state index in [4.69, 9.17) is 9.47 Å². The van der Waals surface area contributed by atoms with Gasteiger partial charge in [0.1, 0.15) is 5.75 Å². The fourth-order valence-corrected chi connectivity index (χ4v) is 2.68. The molecule has 0 bridgehead atoms. The SMILES string of the molecule is CN(Cc1ccc(OCC(=O)NC[C@H]2CCCO2)cc1)S(C)(=O)=O. The quantitative estimate of drug-likeness (QED) is 0.743. The van der Waals surface area contributed by atoms with Gasteiger partial charge in [-0.1, -0.05) is 12.1 Å². The normalized spacial score (nSPS) is 17.9. The number of hydrogen-bond acceptors (Lipinski definition) is 5. The molecule has 1 heterocycles. The third kappa shape index (κ3) is 6.10. The highest BCUT2D eigenvalue weighted by atomic mass is 32.2. The molecule has 24 heavy (non-hydrogen) atoms. The van der Waals surface area contributed by atoms with Crippen LogP contribution in [0, 0.1) is 0 Å². The van der Waals surface area contributed by atoms with Crippen LogP contribution in [0.5, 0.6) is 5.75 Å². The van der Waals surface area contributed by atoms with Gasteiger partial charge in [-0.15, -0.1) is 0 Å². The Balaban J connectivity index is 1.74. The molecule has 2 rings (SSSR count). The van der Waals surface area contributed by atoms with Crippen molar-refractivity contribution in [1.82, 2.24) is 9.62 Å². The zero-order valence-electron chi connectivity index (χ0n) is 14.0. The van der Waals surface area contributed by atoms with Crippen molar-refractivity contribution < 1.29 is 22.7 Å². The van der Waals surface area contributed by atoms with Crippen molar-refractivity contribution in [2.75, 3.05) is 33.1 Å². The minimum atomic E-state index is -3.21.